The third kappa shape index (κ3) is 23.6. The van der Waals surface area contributed by atoms with Gasteiger partial charge in [-0.2, -0.15) is 0 Å². The van der Waals surface area contributed by atoms with E-state index in [2.05, 4.69) is 16.0 Å². The fraction of sp³-hybridized carbons (Fsp3) is 0.610. The van der Waals surface area contributed by atoms with Gasteiger partial charge >= 0.3 is 0 Å². The Morgan fingerprint density at radius 3 is 1.38 bits per heavy atom. The number of nitrogens with one attached hydrogen (secondary N) is 3. The van der Waals surface area contributed by atoms with Crippen LogP contribution in [0.3, 0.4) is 0 Å². The Morgan fingerprint density at radius 2 is 0.913 bits per heavy atom. The number of rotatable bonds is 15. The lowest BCUT2D eigenvalue weighted by molar-refractivity contribution is -0.156. The average Bonchev–Trinajstić information content (AvgIpc) is 0.805. The van der Waals surface area contributed by atoms with Crippen molar-refractivity contribution in [2.75, 3.05) is 82.6 Å². The van der Waals surface area contributed by atoms with Crippen molar-refractivity contribution in [1.29, 1.82) is 0 Å². The number of hydrogen-bond donors (Lipinski definition) is 4. The van der Waals surface area contributed by atoms with Gasteiger partial charge in [-0.15, -0.1) is 0 Å². The number of hydrogen-bond acceptors (Lipinski definition) is 14. The third-order valence-electron chi connectivity index (χ3n) is 19.5. The largest absolute Gasteiger partial charge is 0.391 e. The van der Waals surface area contributed by atoms with Gasteiger partial charge in [-0.05, 0) is 101 Å². The molecule has 26 heteroatoms. The van der Waals surface area contributed by atoms with Crippen molar-refractivity contribution < 1.29 is 67.4 Å². The maximum Gasteiger partial charge on any atom is 0.248 e. The van der Waals surface area contributed by atoms with Gasteiger partial charge in [0.15, 0.2) is 0 Å². The Balaban J connectivity index is 1.73. The van der Waals surface area contributed by atoms with Crippen LogP contribution in [0.2, 0.25) is 0 Å². The average molecular weight is 1430 g/mol. The Morgan fingerprint density at radius 1 is 0.485 bits per heavy atom. The summed E-state index contributed by atoms with van der Waals surface area (Å²) in [6, 6.07) is 12.7. The molecular formula is C77H116N12O14. The molecule has 2 fully saturated rings. The highest BCUT2D eigenvalue weighted by molar-refractivity contribution is 6.00. The number of ether oxygens (including phenoxy) is 1. The second kappa shape index (κ2) is 38.7. The lowest BCUT2D eigenvalue weighted by Crippen LogP contribution is -2.62. The molecule has 0 saturated carbocycles. The molecule has 0 spiro atoms. The van der Waals surface area contributed by atoms with Gasteiger partial charge in [-0.1, -0.05) is 133 Å². The first kappa shape index (κ1) is 84.9. The molecule has 3 aromatic rings. The van der Waals surface area contributed by atoms with E-state index in [0.29, 0.717) is 42.6 Å². The highest BCUT2D eigenvalue weighted by atomic mass is 16.5. The first-order valence-electron chi connectivity index (χ1n) is 36.0. The van der Waals surface area contributed by atoms with E-state index >= 15 is 38.4 Å². The zero-order valence-corrected chi connectivity index (χ0v) is 64.2. The number of benzene rings is 3. The highest BCUT2D eigenvalue weighted by Gasteiger charge is 2.45. The SMILES string of the molecule is CC(C)C[C@@H]1NC(=O)[C@H](Cc2ccccc2)N(C)C(=O)[C@@H](C)N(C)C(=O)C[C@@H](C(=O)N2CCCCC2)N(C)C(=O)[C@H](Cc2ccccc2)N(C)C(=O)[C@H](Cc2ccccc2)N(C)C(=O)[C@H](COC(C)(C)C)NC(=O)[C@H](C(C)C)N(C)C(=O)CN(C)C(=O)[C@H]([C@@H](C)O)NC(=O)[C@H](CC(C)C)N(C)C1=O. The fourth-order valence-electron chi connectivity index (χ4n) is 13.1. The fourth-order valence-corrected chi connectivity index (χ4v) is 13.1. The van der Waals surface area contributed by atoms with E-state index in [1.54, 1.807) is 131 Å². The van der Waals surface area contributed by atoms with Crippen molar-refractivity contribution in [2.24, 2.45) is 17.8 Å². The summed E-state index contributed by atoms with van der Waals surface area (Å²) in [5.74, 6) is -9.92. The number of likely N-dealkylation sites (tertiary alicyclic amines) is 1. The molecule has 103 heavy (non-hydrogen) atoms. The summed E-state index contributed by atoms with van der Waals surface area (Å²) in [5, 5.41) is 19.6. The molecule has 568 valence electrons. The molecule has 3 aromatic carbocycles. The number of amides is 12. The van der Waals surface area contributed by atoms with E-state index in [1.165, 1.54) is 94.7 Å². The quantitative estimate of drug-likeness (QED) is 0.168. The Labute approximate surface area is 609 Å². The first-order chi connectivity index (χ1) is 48.3. The minimum atomic E-state index is -1.67. The Hall–Kier alpha value is -8.78. The standard InChI is InChI=1S/C77H116N12O14/c1-48(2)40-56-71(97)84(15)58(41-49(3)4)68(94)80-65(52(8)90)76(102)81(12)46-64(92)88(19)66(50(5)6)69(95)79-57(47-103-77(9,10)11)72(98)85(16)60(43-54-34-26-21-27-35-54)73(99)86(17)61(44-55-36-28-22-29-37-55)74(100)87(18)62(75(101)89-38-30-23-31-39-89)45-63(91)82(13)51(7)70(96)83(14)59(67(93)78-56)42-53-32-24-20-25-33-53/h20-22,24-29,32-37,48-52,56-62,65-66,90H,23,30-31,38-47H2,1-19H3,(H,78,93)(H,79,95)(H,80,94)/t51-,52-,56+,57+,58+,59+,60+,61+,62+,65+,66+/m1/s1. The summed E-state index contributed by atoms with van der Waals surface area (Å²) >= 11 is 0. The molecule has 11 atom stereocenters. The van der Waals surface area contributed by atoms with Gasteiger partial charge in [0.05, 0.1) is 31.3 Å². The molecule has 2 heterocycles. The molecule has 26 nitrogen and oxygen atoms in total. The third-order valence-corrected chi connectivity index (χ3v) is 19.5. The molecule has 0 radical (unpaired) electrons. The smallest absolute Gasteiger partial charge is 0.248 e. The van der Waals surface area contributed by atoms with E-state index < -0.39 is 168 Å². The van der Waals surface area contributed by atoms with Crippen molar-refractivity contribution >= 4 is 70.9 Å². The topological polar surface area (TPSA) is 300 Å². The number of carbonyl (C=O) groups excluding carboxylic acids is 12. The number of piperidine rings is 1. The zero-order valence-electron chi connectivity index (χ0n) is 64.2. The van der Waals surface area contributed by atoms with E-state index in [9.17, 15) is 24.3 Å². The molecule has 2 saturated heterocycles. The number of nitrogens with zero attached hydrogens (tertiary/aromatic N) is 9. The Bertz CT molecular complexity index is 3380. The molecule has 0 aromatic heterocycles. The van der Waals surface area contributed by atoms with Crippen LogP contribution in [0.5, 0.6) is 0 Å². The van der Waals surface area contributed by atoms with Gasteiger partial charge < -0.3 is 69.9 Å². The molecule has 2 aliphatic heterocycles. The van der Waals surface area contributed by atoms with E-state index in [4.69, 9.17) is 4.74 Å². The molecule has 5 rings (SSSR count). The number of likely N-dealkylation sites (N-methyl/N-ethyl adjacent to an activating group) is 8. The summed E-state index contributed by atoms with van der Waals surface area (Å²) in [6.45, 7) is 18.3. The van der Waals surface area contributed by atoms with Crippen LogP contribution in [0.1, 0.15) is 131 Å². The molecule has 0 bridgehead atoms. The van der Waals surface area contributed by atoms with E-state index in [0.717, 1.165) is 21.1 Å². The number of aliphatic hydroxyl groups is 1. The second-order valence-corrected chi connectivity index (χ2v) is 30.1. The van der Waals surface area contributed by atoms with Crippen LogP contribution in [-0.2, 0) is 81.5 Å². The lowest BCUT2D eigenvalue weighted by Gasteiger charge is -2.40. The molecule has 2 aliphatic rings. The summed E-state index contributed by atoms with van der Waals surface area (Å²) in [6.07, 6.45) is -0.123. The first-order valence-corrected chi connectivity index (χ1v) is 36.0. The van der Waals surface area contributed by atoms with Crippen molar-refractivity contribution in [2.45, 2.75) is 206 Å². The Kier molecular flexibility index (Phi) is 31.8. The highest BCUT2D eigenvalue weighted by Crippen LogP contribution is 2.25. The summed E-state index contributed by atoms with van der Waals surface area (Å²) in [7, 11) is 11.1. The molecule has 0 aliphatic carbocycles. The van der Waals surface area contributed by atoms with Gasteiger partial charge in [0.1, 0.15) is 60.4 Å². The van der Waals surface area contributed by atoms with Gasteiger partial charge in [-0.25, -0.2) is 0 Å². The van der Waals surface area contributed by atoms with Crippen molar-refractivity contribution in [1.82, 2.24) is 60.0 Å². The van der Waals surface area contributed by atoms with Crippen LogP contribution in [0.4, 0.5) is 0 Å². The van der Waals surface area contributed by atoms with Crippen LogP contribution in [0.15, 0.2) is 91.0 Å². The molecule has 12 amide bonds. The minimum absolute atomic E-state index is 0.0518. The van der Waals surface area contributed by atoms with Gasteiger partial charge in [-0.3, -0.25) is 57.5 Å². The molecular weight excluding hydrogens is 1320 g/mol. The predicted molar refractivity (Wildman–Crippen MR) is 392 cm³/mol. The maximum absolute atomic E-state index is 15.9. The van der Waals surface area contributed by atoms with E-state index in [1.807, 2.05) is 27.7 Å². The predicted octanol–water partition coefficient (Wildman–Crippen LogP) is 3.80. The minimum Gasteiger partial charge on any atom is -0.391 e. The molecule has 0 unspecified atom stereocenters. The summed E-state index contributed by atoms with van der Waals surface area (Å²) < 4.78 is 6.21. The normalized spacial score (nSPS) is 24.8. The van der Waals surface area contributed by atoms with Crippen molar-refractivity contribution in [3.63, 3.8) is 0 Å². The summed E-state index contributed by atoms with van der Waals surface area (Å²) in [5.41, 5.74) is 1.03. The van der Waals surface area contributed by atoms with Crippen LogP contribution in [0, 0.1) is 17.8 Å². The van der Waals surface area contributed by atoms with Crippen molar-refractivity contribution in [3.8, 4) is 0 Å². The zero-order chi connectivity index (χ0) is 77.1. The summed E-state index contributed by atoms with van der Waals surface area (Å²) in [4.78, 5) is 192. The monoisotopic (exact) mass is 1430 g/mol. The van der Waals surface area contributed by atoms with Gasteiger partial charge in [0.25, 0.3) is 0 Å². The number of aliphatic hydroxyl groups excluding tert-OH is 1. The van der Waals surface area contributed by atoms with Crippen LogP contribution in [-0.4, -0.2) is 275 Å². The van der Waals surface area contributed by atoms with Crippen LogP contribution in [0.25, 0.3) is 0 Å². The maximum atomic E-state index is 15.9. The molecule has 4 N–H and O–H groups in total. The van der Waals surface area contributed by atoms with E-state index in [-0.39, 0.29) is 43.9 Å². The van der Waals surface area contributed by atoms with Gasteiger partial charge in [0.2, 0.25) is 70.9 Å². The van der Waals surface area contributed by atoms with Crippen LogP contribution < -0.4 is 16.0 Å². The second-order valence-electron chi connectivity index (χ2n) is 30.1. The number of carbonyl (C=O) groups is 12. The van der Waals surface area contributed by atoms with Crippen LogP contribution >= 0.6 is 0 Å². The lowest BCUT2D eigenvalue weighted by atomic mass is 9.97. The van der Waals surface area contributed by atoms with Gasteiger partial charge in [0, 0.05) is 88.7 Å². The van der Waals surface area contributed by atoms with Crippen molar-refractivity contribution in [3.05, 3.63) is 108 Å².